The van der Waals surface area contributed by atoms with Crippen LogP contribution in [0, 0.1) is 5.92 Å². The lowest BCUT2D eigenvalue weighted by molar-refractivity contribution is -0.133. The molecule has 8 nitrogen and oxygen atoms in total. The van der Waals surface area contributed by atoms with Crippen LogP contribution in [0.3, 0.4) is 0 Å². The van der Waals surface area contributed by atoms with E-state index in [0.29, 0.717) is 11.5 Å². The van der Waals surface area contributed by atoms with Crippen LogP contribution in [0.2, 0.25) is 0 Å². The van der Waals surface area contributed by atoms with E-state index < -0.39 is 23.9 Å². The Balaban J connectivity index is -0.000000151. The molecule has 29 heavy (non-hydrogen) atoms. The van der Waals surface area contributed by atoms with E-state index >= 15 is 0 Å². The van der Waals surface area contributed by atoms with Crippen molar-refractivity contribution >= 4 is 23.9 Å². The average Bonchev–Trinajstić information content (AvgIpc) is 2.55. The van der Waals surface area contributed by atoms with E-state index in [1.807, 2.05) is 0 Å². The van der Waals surface area contributed by atoms with Gasteiger partial charge in [-0.3, -0.25) is 0 Å². The van der Waals surface area contributed by atoms with Crippen molar-refractivity contribution in [2.45, 2.75) is 54.4 Å². The first-order valence-electron chi connectivity index (χ1n) is 8.53. The molecule has 0 unspecified atom stereocenters. The summed E-state index contributed by atoms with van der Waals surface area (Å²) in [6.45, 7) is 19.7. The topological polar surface area (TPSA) is 149 Å². The molecule has 0 aromatic heterocycles. The predicted molar refractivity (Wildman–Crippen MR) is 113 cm³/mol. The van der Waals surface area contributed by atoms with Crippen LogP contribution in [0.25, 0.3) is 0 Å². The molecule has 0 aromatic rings. The molecule has 0 atom stereocenters. The van der Waals surface area contributed by atoms with Crippen LogP contribution in [0.4, 0.5) is 0 Å². The third kappa shape index (κ3) is 36.5. The Morgan fingerprint density at radius 3 is 1.07 bits per heavy atom. The Hall–Kier alpha value is -3.16. The second-order valence-electron chi connectivity index (χ2n) is 6.42. The van der Waals surface area contributed by atoms with Crippen LogP contribution in [0.15, 0.2) is 48.1 Å². The van der Waals surface area contributed by atoms with Crippen molar-refractivity contribution in [3.05, 3.63) is 48.1 Å². The summed E-state index contributed by atoms with van der Waals surface area (Å²) in [5.41, 5.74) is 0.977. The van der Waals surface area contributed by atoms with E-state index in [4.69, 9.17) is 20.4 Å². The maximum absolute atomic E-state index is 10.3. The lowest BCUT2D eigenvalue weighted by Gasteiger charge is -1.99. The normalized spacial score (nSPS) is 9.28. The maximum atomic E-state index is 10.3. The van der Waals surface area contributed by atoms with Crippen molar-refractivity contribution in [2.24, 2.45) is 5.92 Å². The highest BCUT2D eigenvalue weighted by Gasteiger charge is 1.98. The van der Waals surface area contributed by atoms with Crippen molar-refractivity contribution in [1.82, 2.24) is 0 Å². The highest BCUT2D eigenvalue weighted by molar-refractivity contribution is 5.86. The minimum atomic E-state index is -0.935. The Bertz CT molecular complexity index is 532. The molecule has 0 spiro atoms. The second-order valence-corrected chi connectivity index (χ2v) is 6.42. The third-order valence-electron chi connectivity index (χ3n) is 2.63. The second kappa shape index (κ2) is 19.6. The van der Waals surface area contributed by atoms with Crippen LogP contribution in [-0.2, 0) is 19.2 Å². The minimum Gasteiger partial charge on any atom is -0.478 e. The van der Waals surface area contributed by atoms with Gasteiger partial charge in [0.15, 0.2) is 0 Å². The highest BCUT2D eigenvalue weighted by atomic mass is 16.4. The highest BCUT2D eigenvalue weighted by Crippen LogP contribution is 2.06. The summed E-state index contributed by atoms with van der Waals surface area (Å²) >= 11 is 0. The number of rotatable bonds is 7. The molecule has 0 saturated heterocycles. The average molecular weight is 414 g/mol. The maximum Gasteiger partial charge on any atom is 0.330 e. The molecule has 0 aliphatic heterocycles. The van der Waals surface area contributed by atoms with E-state index in [0.717, 1.165) is 12.8 Å². The molecular weight excluding hydrogens is 380 g/mol. The van der Waals surface area contributed by atoms with Crippen molar-refractivity contribution < 1.29 is 39.6 Å². The zero-order valence-electron chi connectivity index (χ0n) is 18.1. The molecule has 0 saturated carbocycles. The van der Waals surface area contributed by atoms with E-state index in [9.17, 15) is 19.2 Å². The summed E-state index contributed by atoms with van der Waals surface area (Å²) in [7, 11) is 0. The lowest BCUT2D eigenvalue weighted by atomic mass is 10.1. The molecule has 0 aromatic carbocycles. The molecule has 0 aliphatic carbocycles. The molecule has 0 rings (SSSR count). The Morgan fingerprint density at radius 2 is 0.931 bits per heavy atom. The fraction of sp³-hybridized carbons (Fsp3) is 0.429. The van der Waals surface area contributed by atoms with E-state index in [2.05, 4.69) is 33.6 Å². The third-order valence-corrected chi connectivity index (χ3v) is 2.63. The van der Waals surface area contributed by atoms with E-state index in [1.165, 1.54) is 20.8 Å². The molecule has 0 bridgehead atoms. The molecule has 166 valence electrons. The van der Waals surface area contributed by atoms with Gasteiger partial charge in [0.2, 0.25) is 0 Å². The number of hydrogen-bond acceptors (Lipinski definition) is 4. The zero-order valence-corrected chi connectivity index (χ0v) is 18.1. The summed E-state index contributed by atoms with van der Waals surface area (Å²) in [6, 6.07) is 0. The standard InChI is InChI=1S/C9H16O2.3C4H6O2/c1-7(2)5-4-6-8(3)9(10)11;3*1-3(2)4(5)6/h6-7H,4-5H2,1-3H3,(H,10,11);3*1H2,2H3,(H,5,6). The number of aliphatic carboxylic acids is 4. The zero-order chi connectivity index (χ0) is 24.3. The van der Waals surface area contributed by atoms with Gasteiger partial charge in [-0.2, -0.15) is 0 Å². The minimum absolute atomic E-state index is 0.176. The number of allylic oxidation sites excluding steroid dienone is 1. The van der Waals surface area contributed by atoms with E-state index in [1.54, 1.807) is 13.0 Å². The first-order chi connectivity index (χ1) is 13.0. The van der Waals surface area contributed by atoms with Gasteiger partial charge in [0.25, 0.3) is 0 Å². The van der Waals surface area contributed by atoms with Crippen molar-refractivity contribution in [1.29, 1.82) is 0 Å². The van der Waals surface area contributed by atoms with Crippen LogP contribution < -0.4 is 0 Å². The Morgan fingerprint density at radius 1 is 0.690 bits per heavy atom. The van der Waals surface area contributed by atoms with Crippen LogP contribution in [0.5, 0.6) is 0 Å². The van der Waals surface area contributed by atoms with Gasteiger partial charge >= 0.3 is 23.9 Å². The fourth-order valence-corrected chi connectivity index (χ4v) is 0.720. The molecule has 0 amide bonds. The predicted octanol–water partition coefficient (Wildman–Crippen LogP) is 4.39. The van der Waals surface area contributed by atoms with Gasteiger partial charge in [0.1, 0.15) is 0 Å². The van der Waals surface area contributed by atoms with Crippen molar-refractivity contribution in [3.8, 4) is 0 Å². The van der Waals surface area contributed by atoms with Gasteiger partial charge in [-0.1, -0.05) is 39.7 Å². The molecule has 0 radical (unpaired) electrons. The largest absolute Gasteiger partial charge is 0.478 e. The van der Waals surface area contributed by atoms with Crippen molar-refractivity contribution in [3.63, 3.8) is 0 Å². The smallest absolute Gasteiger partial charge is 0.330 e. The van der Waals surface area contributed by atoms with Crippen LogP contribution in [0.1, 0.15) is 54.4 Å². The molecular formula is C21H34O8. The summed E-state index contributed by atoms with van der Waals surface area (Å²) in [5, 5.41) is 32.2. The van der Waals surface area contributed by atoms with Crippen LogP contribution >= 0.6 is 0 Å². The fourth-order valence-electron chi connectivity index (χ4n) is 0.720. The SMILES string of the molecule is C=C(C)C(=O)O.C=C(C)C(=O)O.C=C(C)C(=O)O.CC(=CCCC(C)C)C(=O)O. The molecule has 0 aliphatic rings. The quantitative estimate of drug-likeness (QED) is 0.448. The molecule has 0 heterocycles. The van der Waals surface area contributed by atoms with Crippen molar-refractivity contribution in [2.75, 3.05) is 0 Å². The lowest BCUT2D eigenvalue weighted by Crippen LogP contribution is -1.96. The number of carbonyl (C=O) groups is 4. The Labute approximate surface area is 172 Å². The number of hydrogen-bond donors (Lipinski definition) is 4. The summed E-state index contributed by atoms with van der Waals surface area (Å²) in [6.07, 6.45) is 3.71. The van der Waals surface area contributed by atoms with Gasteiger partial charge in [-0.15, -0.1) is 0 Å². The number of carboxylic acid groups (broad SMARTS) is 4. The molecule has 8 heteroatoms. The van der Waals surface area contributed by atoms with E-state index in [-0.39, 0.29) is 16.7 Å². The van der Waals surface area contributed by atoms with Crippen LogP contribution in [-0.4, -0.2) is 44.3 Å². The molecule has 4 N–H and O–H groups in total. The van der Waals surface area contributed by atoms with Gasteiger partial charge in [-0.05, 0) is 46.5 Å². The summed E-state index contributed by atoms with van der Waals surface area (Å²) in [4.78, 5) is 39.1. The van der Waals surface area contributed by atoms with Gasteiger partial charge in [-0.25, -0.2) is 19.2 Å². The molecule has 0 fully saturated rings. The first-order valence-corrected chi connectivity index (χ1v) is 8.53. The van der Waals surface area contributed by atoms with Gasteiger partial charge < -0.3 is 20.4 Å². The Kier molecular flexibility index (Phi) is 22.6. The van der Waals surface area contributed by atoms with Gasteiger partial charge in [0.05, 0.1) is 0 Å². The number of carboxylic acids is 4. The first kappa shape index (κ1) is 33.4. The summed E-state index contributed by atoms with van der Waals surface area (Å²) in [5.74, 6) is -2.97. The monoisotopic (exact) mass is 414 g/mol. The van der Waals surface area contributed by atoms with Gasteiger partial charge in [0, 0.05) is 22.3 Å². The summed E-state index contributed by atoms with van der Waals surface area (Å²) < 4.78 is 0.